The third-order valence-corrected chi connectivity index (χ3v) is 5.79. The summed E-state index contributed by atoms with van der Waals surface area (Å²) in [6.45, 7) is 3.73. The van der Waals surface area contributed by atoms with Gasteiger partial charge in [-0.1, -0.05) is 48.5 Å². The van der Waals surface area contributed by atoms with Crippen molar-refractivity contribution in [1.29, 1.82) is 0 Å². The number of ether oxygens (including phenoxy) is 1. The van der Waals surface area contributed by atoms with Gasteiger partial charge in [0.25, 0.3) is 5.91 Å². The molecule has 0 unspecified atom stereocenters. The van der Waals surface area contributed by atoms with Crippen molar-refractivity contribution in [2.75, 3.05) is 44.6 Å². The molecule has 2 aliphatic rings. The summed E-state index contributed by atoms with van der Waals surface area (Å²) >= 11 is 0. The zero-order valence-electron chi connectivity index (χ0n) is 17.3. The Bertz CT molecular complexity index is 857. The molecule has 6 nitrogen and oxygen atoms in total. The molecule has 0 aromatic heterocycles. The minimum Gasteiger partial charge on any atom is -0.368 e. The van der Waals surface area contributed by atoms with Gasteiger partial charge in [-0.25, -0.2) is 0 Å². The molecule has 0 aliphatic carbocycles. The molecule has 0 bridgehead atoms. The number of benzene rings is 2. The van der Waals surface area contributed by atoms with Crippen LogP contribution in [0.2, 0.25) is 0 Å². The highest BCUT2D eigenvalue weighted by atomic mass is 16.5. The van der Waals surface area contributed by atoms with Crippen molar-refractivity contribution in [2.24, 2.45) is 0 Å². The Balaban J connectivity index is 1.28. The standard InChI is InChI=1S/C24H29N3O3/c28-23(18-26-12-14-27(15-13-26)24(29)22-11-6-16-30-22)25-21-10-5-4-9-20(21)17-19-7-2-1-3-8-19/h1-5,7-10,22H,6,11-18H2,(H,25,28)/t22-/m0/s1. The van der Waals surface area contributed by atoms with Crippen LogP contribution in [-0.4, -0.2) is 67.0 Å². The monoisotopic (exact) mass is 407 g/mol. The SMILES string of the molecule is O=C(CN1CCN(C(=O)[C@@H]2CCCO2)CC1)Nc1ccccc1Cc1ccccc1. The Morgan fingerprint density at radius 3 is 2.43 bits per heavy atom. The minimum atomic E-state index is -0.263. The number of rotatable bonds is 6. The van der Waals surface area contributed by atoms with Gasteiger partial charge in [0.2, 0.25) is 5.91 Å². The lowest BCUT2D eigenvalue weighted by Gasteiger charge is -2.35. The molecule has 0 saturated carbocycles. The molecule has 2 aliphatic heterocycles. The smallest absolute Gasteiger partial charge is 0.251 e. The summed E-state index contributed by atoms with van der Waals surface area (Å²) in [5.41, 5.74) is 3.17. The summed E-state index contributed by atoms with van der Waals surface area (Å²) < 4.78 is 5.51. The van der Waals surface area contributed by atoms with Crippen molar-refractivity contribution in [2.45, 2.75) is 25.4 Å². The van der Waals surface area contributed by atoms with Gasteiger partial charge >= 0.3 is 0 Å². The molecule has 2 saturated heterocycles. The van der Waals surface area contributed by atoms with E-state index in [9.17, 15) is 9.59 Å². The fourth-order valence-corrected chi connectivity index (χ4v) is 4.11. The molecule has 2 fully saturated rings. The average Bonchev–Trinajstić information content (AvgIpc) is 3.31. The Morgan fingerprint density at radius 1 is 0.967 bits per heavy atom. The molecule has 2 aromatic rings. The van der Waals surface area contributed by atoms with Crippen LogP contribution in [0.25, 0.3) is 0 Å². The van der Waals surface area contributed by atoms with Gasteiger partial charge in [-0.05, 0) is 36.5 Å². The Kier molecular flexibility index (Phi) is 6.77. The predicted molar refractivity (Wildman–Crippen MR) is 116 cm³/mol. The summed E-state index contributed by atoms with van der Waals surface area (Å²) in [5, 5.41) is 3.08. The lowest BCUT2D eigenvalue weighted by Crippen LogP contribution is -2.52. The third-order valence-electron chi connectivity index (χ3n) is 5.79. The van der Waals surface area contributed by atoms with Gasteiger partial charge in [-0.3, -0.25) is 14.5 Å². The van der Waals surface area contributed by atoms with Crippen LogP contribution in [-0.2, 0) is 20.7 Å². The molecular formula is C24H29N3O3. The van der Waals surface area contributed by atoms with E-state index in [-0.39, 0.29) is 17.9 Å². The lowest BCUT2D eigenvalue weighted by molar-refractivity contribution is -0.142. The summed E-state index contributed by atoms with van der Waals surface area (Å²) in [4.78, 5) is 29.1. The van der Waals surface area contributed by atoms with E-state index in [0.717, 1.165) is 30.5 Å². The van der Waals surface area contributed by atoms with Crippen molar-refractivity contribution >= 4 is 17.5 Å². The summed E-state index contributed by atoms with van der Waals surface area (Å²) in [5.74, 6) is 0.0841. The maximum Gasteiger partial charge on any atom is 0.251 e. The number of para-hydroxylation sites is 1. The second kappa shape index (κ2) is 9.87. The van der Waals surface area contributed by atoms with Crippen molar-refractivity contribution in [3.05, 3.63) is 65.7 Å². The van der Waals surface area contributed by atoms with Crippen LogP contribution in [0, 0.1) is 0 Å². The van der Waals surface area contributed by atoms with E-state index in [1.165, 1.54) is 5.56 Å². The molecule has 1 atom stereocenters. The quantitative estimate of drug-likeness (QED) is 0.800. The van der Waals surface area contributed by atoms with Crippen molar-refractivity contribution in [3.8, 4) is 0 Å². The topological polar surface area (TPSA) is 61.9 Å². The van der Waals surface area contributed by atoms with E-state index in [4.69, 9.17) is 4.74 Å². The number of hydrogen-bond acceptors (Lipinski definition) is 4. The van der Waals surface area contributed by atoms with Crippen LogP contribution in [0.1, 0.15) is 24.0 Å². The first-order valence-corrected chi connectivity index (χ1v) is 10.7. The van der Waals surface area contributed by atoms with Crippen molar-refractivity contribution < 1.29 is 14.3 Å². The second-order valence-corrected chi connectivity index (χ2v) is 7.97. The first-order chi connectivity index (χ1) is 14.7. The van der Waals surface area contributed by atoms with E-state index < -0.39 is 0 Å². The van der Waals surface area contributed by atoms with E-state index in [1.54, 1.807) is 0 Å². The number of piperazine rings is 1. The first kappa shape index (κ1) is 20.6. The van der Waals surface area contributed by atoms with Crippen LogP contribution in [0.15, 0.2) is 54.6 Å². The zero-order chi connectivity index (χ0) is 20.8. The van der Waals surface area contributed by atoms with E-state index >= 15 is 0 Å². The van der Waals surface area contributed by atoms with E-state index in [0.29, 0.717) is 39.3 Å². The molecular weight excluding hydrogens is 378 g/mol. The largest absolute Gasteiger partial charge is 0.368 e. The van der Waals surface area contributed by atoms with Crippen LogP contribution < -0.4 is 5.32 Å². The number of nitrogens with zero attached hydrogens (tertiary/aromatic N) is 2. The molecule has 158 valence electrons. The van der Waals surface area contributed by atoms with Gasteiger partial charge in [0.15, 0.2) is 0 Å². The Labute approximate surface area is 177 Å². The fourth-order valence-electron chi connectivity index (χ4n) is 4.11. The molecule has 2 amide bonds. The number of carbonyl (C=O) groups is 2. The molecule has 0 radical (unpaired) electrons. The molecule has 6 heteroatoms. The number of nitrogens with one attached hydrogen (secondary N) is 1. The molecule has 4 rings (SSSR count). The predicted octanol–water partition coefficient (Wildman–Crippen LogP) is 2.54. The van der Waals surface area contributed by atoms with Gasteiger partial charge in [0, 0.05) is 38.5 Å². The van der Waals surface area contributed by atoms with Gasteiger partial charge in [0.1, 0.15) is 6.10 Å². The maximum absolute atomic E-state index is 12.7. The molecule has 2 heterocycles. The normalized spacial score (nSPS) is 19.6. The fraction of sp³-hybridized carbons (Fsp3) is 0.417. The highest BCUT2D eigenvalue weighted by Gasteiger charge is 2.30. The molecule has 30 heavy (non-hydrogen) atoms. The third kappa shape index (κ3) is 5.26. The number of hydrogen-bond donors (Lipinski definition) is 1. The second-order valence-electron chi connectivity index (χ2n) is 7.97. The van der Waals surface area contributed by atoms with Crippen molar-refractivity contribution in [3.63, 3.8) is 0 Å². The highest BCUT2D eigenvalue weighted by Crippen LogP contribution is 2.19. The summed E-state index contributed by atoms with van der Waals surface area (Å²) in [7, 11) is 0. The number of carbonyl (C=O) groups excluding carboxylic acids is 2. The first-order valence-electron chi connectivity index (χ1n) is 10.7. The van der Waals surface area contributed by atoms with Gasteiger partial charge in [0.05, 0.1) is 6.54 Å². The minimum absolute atomic E-state index is 0.0191. The van der Waals surface area contributed by atoms with Crippen LogP contribution >= 0.6 is 0 Å². The maximum atomic E-state index is 12.7. The van der Waals surface area contributed by atoms with E-state index in [1.807, 2.05) is 41.3 Å². The number of anilines is 1. The van der Waals surface area contributed by atoms with Gasteiger partial charge in [-0.2, -0.15) is 0 Å². The van der Waals surface area contributed by atoms with Gasteiger partial charge < -0.3 is 15.0 Å². The zero-order valence-corrected chi connectivity index (χ0v) is 17.3. The van der Waals surface area contributed by atoms with Crippen LogP contribution in [0.3, 0.4) is 0 Å². The summed E-state index contributed by atoms with van der Waals surface area (Å²) in [6.07, 6.45) is 2.30. The van der Waals surface area contributed by atoms with Crippen LogP contribution in [0.4, 0.5) is 5.69 Å². The molecule has 0 spiro atoms. The van der Waals surface area contributed by atoms with Crippen molar-refractivity contribution in [1.82, 2.24) is 9.80 Å². The highest BCUT2D eigenvalue weighted by molar-refractivity contribution is 5.93. The summed E-state index contributed by atoms with van der Waals surface area (Å²) in [6, 6.07) is 18.2. The Morgan fingerprint density at radius 2 is 1.70 bits per heavy atom. The molecule has 1 N–H and O–H groups in total. The molecule has 2 aromatic carbocycles. The van der Waals surface area contributed by atoms with Gasteiger partial charge in [-0.15, -0.1) is 0 Å². The Hall–Kier alpha value is -2.70. The lowest BCUT2D eigenvalue weighted by atomic mass is 10.0. The van der Waals surface area contributed by atoms with Crippen LogP contribution in [0.5, 0.6) is 0 Å². The van der Waals surface area contributed by atoms with E-state index in [2.05, 4.69) is 28.4 Å². The number of amides is 2. The average molecular weight is 408 g/mol.